The molecule has 10 heteroatoms. The van der Waals surface area contributed by atoms with Crippen molar-refractivity contribution in [1.82, 2.24) is 19.4 Å². The summed E-state index contributed by atoms with van der Waals surface area (Å²) in [6, 6.07) is 18.0. The molecule has 1 N–H and O–H groups in total. The van der Waals surface area contributed by atoms with Gasteiger partial charge in [-0.2, -0.15) is 5.26 Å². The third-order valence-corrected chi connectivity index (χ3v) is 8.66. The number of hydrogen-bond acceptors (Lipinski definition) is 8. The Balaban J connectivity index is 1.13. The fraction of sp³-hybridized carbons (Fsp3) is 0.394. The van der Waals surface area contributed by atoms with Crippen molar-refractivity contribution in [2.24, 2.45) is 0 Å². The molecule has 0 radical (unpaired) electrons. The van der Waals surface area contributed by atoms with E-state index in [1.807, 2.05) is 30.3 Å². The first-order valence-electron chi connectivity index (χ1n) is 14.8. The van der Waals surface area contributed by atoms with Crippen molar-refractivity contribution < 1.29 is 18.7 Å². The van der Waals surface area contributed by atoms with Gasteiger partial charge < -0.3 is 19.4 Å². The smallest absolute Gasteiger partial charge is 0.337 e. The van der Waals surface area contributed by atoms with Crippen LogP contribution in [-0.2, 0) is 22.6 Å². The van der Waals surface area contributed by atoms with E-state index in [2.05, 4.69) is 27.8 Å². The molecule has 2 aliphatic rings. The molecule has 2 aromatic heterocycles. The molecular formula is C33H35FN6O3. The lowest BCUT2D eigenvalue weighted by molar-refractivity contribution is -0.0594. The van der Waals surface area contributed by atoms with Gasteiger partial charge in [-0.25, -0.2) is 19.2 Å². The van der Waals surface area contributed by atoms with E-state index in [9.17, 15) is 9.18 Å². The van der Waals surface area contributed by atoms with Gasteiger partial charge in [-0.3, -0.25) is 4.90 Å². The van der Waals surface area contributed by atoms with Gasteiger partial charge in [0.15, 0.2) is 0 Å². The highest BCUT2D eigenvalue weighted by molar-refractivity contribution is 5.93. The van der Waals surface area contributed by atoms with Crippen molar-refractivity contribution in [1.29, 1.82) is 5.26 Å². The number of hydrogen-bond donors (Lipinski definition) is 1. The van der Waals surface area contributed by atoms with E-state index in [0.717, 1.165) is 61.5 Å². The normalized spacial score (nSPS) is 18.1. The predicted octanol–water partition coefficient (Wildman–Crippen LogP) is 5.57. The molecule has 2 aliphatic heterocycles. The Kier molecular flexibility index (Phi) is 8.36. The van der Waals surface area contributed by atoms with Crippen LogP contribution in [0.1, 0.15) is 71.1 Å². The van der Waals surface area contributed by atoms with Gasteiger partial charge in [0.2, 0.25) is 0 Å². The van der Waals surface area contributed by atoms with Crippen LogP contribution in [0.5, 0.6) is 0 Å². The summed E-state index contributed by atoms with van der Waals surface area (Å²) in [5.41, 5.74) is 4.12. The molecular weight excluding hydrogens is 547 g/mol. The van der Waals surface area contributed by atoms with Crippen molar-refractivity contribution >= 4 is 22.8 Å². The van der Waals surface area contributed by atoms with Gasteiger partial charge in [0.25, 0.3) is 0 Å². The summed E-state index contributed by atoms with van der Waals surface area (Å²) in [7, 11) is 1.39. The van der Waals surface area contributed by atoms with Crippen LogP contribution >= 0.6 is 0 Å². The first-order chi connectivity index (χ1) is 20.9. The maximum Gasteiger partial charge on any atom is 0.337 e. The van der Waals surface area contributed by atoms with Crippen LogP contribution in [0.25, 0.3) is 11.0 Å². The molecule has 0 saturated carbocycles. The van der Waals surface area contributed by atoms with Crippen molar-refractivity contribution in [2.75, 3.05) is 32.1 Å². The summed E-state index contributed by atoms with van der Waals surface area (Å²) in [6.07, 6.45) is 3.09. The quantitative estimate of drug-likeness (QED) is 0.256. The standard InChI is InChI=1S/C33H35FN6O3/c1-21(32-38-29-9-8-24(33(41)42-2)17-30(29)40(32)20-26-12-15-43-26)39-13-10-23(11-14-39)28-4-3-5-31(37-28)36-19-25-7-6-22(18-35)16-27(25)34/h3-9,16-17,21,23,26H,10-15,19-20H2,1-2H3,(H,36,37)/t21-,26-/m0/s1. The fourth-order valence-electron chi connectivity index (χ4n) is 6.00. The molecule has 2 atom stereocenters. The Hall–Kier alpha value is -4.33. The lowest BCUT2D eigenvalue weighted by Gasteiger charge is -2.36. The van der Waals surface area contributed by atoms with Crippen LogP contribution in [0.4, 0.5) is 10.2 Å². The van der Waals surface area contributed by atoms with E-state index in [1.54, 1.807) is 18.2 Å². The molecule has 0 aliphatic carbocycles. The molecule has 4 heterocycles. The van der Waals surface area contributed by atoms with Gasteiger partial charge in [0.1, 0.15) is 17.5 Å². The van der Waals surface area contributed by atoms with Gasteiger partial charge in [-0.1, -0.05) is 12.1 Å². The number of imidazole rings is 1. The molecule has 0 spiro atoms. The minimum absolute atomic E-state index is 0.0817. The number of pyridine rings is 1. The average molecular weight is 583 g/mol. The Morgan fingerprint density at radius 2 is 1.98 bits per heavy atom. The summed E-state index contributed by atoms with van der Waals surface area (Å²) in [5, 5.41) is 12.2. The molecule has 6 rings (SSSR count). The maximum absolute atomic E-state index is 14.3. The van der Waals surface area contributed by atoms with Crippen molar-refractivity contribution in [2.45, 2.75) is 57.3 Å². The number of piperidine rings is 1. The predicted molar refractivity (Wildman–Crippen MR) is 160 cm³/mol. The second-order valence-corrected chi connectivity index (χ2v) is 11.3. The molecule has 0 amide bonds. The third-order valence-electron chi connectivity index (χ3n) is 8.66. The number of halogens is 1. The third kappa shape index (κ3) is 6.10. The van der Waals surface area contributed by atoms with Crippen molar-refractivity contribution in [3.63, 3.8) is 0 Å². The van der Waals surface area contributed by atoms with Gasteiger partial charge in [-0.15, -0.1) is 0 Å². The molecule has 4 aromatic rings. The number of nitrogens with zero attached hydrogens (tertiary/aromatic N) is 5. The van der Waals surface area contributed by atoms with E-state index in [0.29, 0.717) is 35.0 Å². The summed E-state index contributed by atoms with van der Waals surface area (Å²) in [5.74, 6) is 1.24. The van der Waals surface area contributed by atoms with Crippen LogP contribution in [0.3, 0.4) is 0 Å². The number of carbonyl (C=O) groups excluding carboxylic acids is 1. The Labute approximate surface area is 250 Å². The molecule has 2 saturated heterocycles. The highest BCUT2D eigenvalue weighted by atomic mass is 19.1. The summed E-state index contributed by atoms with van der Waals surface area (Å²) in [4.78, 5) is 24.6. The zero-order valence-corrected chi connectivity index (χ0v) is 24.4. The number of anilines is 1. The van der Waals surface area contributed by atoms with Crippen LogP contribution in [-0.4, -0.2) is 58.3 Å². The minimum atomic E-state index is -0.401. The number of rotatable bonds is 9. The highest BCUT2D eigenvalue weighted by Crippen LogP contribution is 2.34. The van der Waals surface area contributed by atoms with Gasteiger partial charge in [0, 0.05) is 30.3 Å². The number of ether oxygens (including phenoxy) is 2. The van der Waals surface area contributed by atoms with Crippen molar-refractivity contribution in [3.05, 3.63) is 88.6 Å². The Bertz CT molecular complexity index is 1670. The van der Waals surface area contributed by atoms with Crippen molar-refractivity contribution in [3.8, 4) is 6.07 Å². The number of benzene rings is 2. The molecule has 2 aromatic carbocycles. The number of nitriles is 1. The second-order valence-electron chi connectivity index (χ2n) is 11.3. The molecule has 9 nitrogen and oxygen atoms in total. The SMILES string of the molecule is COC(=O)c1ccc2nc([C@H](C)N3CCC(c4cccc(NCc5ccc(C#N)cc5F)n4)CC3)n(C[C@@H]3CCO3)c2c1. The number of likely N-dealkylation sites (tertiary alicyclic amines) is 1. The lowest BCUT2D eigenvalue weighted by Crippen LogP contribution is -2.37. The summed E-state index contributed by atoms with van der Waals surface area (Å²) < 4.78 is 27.3. The van der Waals surface area contributed by atoms with Gasteiger partial charge in [-0.05, 0) is 81.7 Å². The Morgan fingerprint density at radius 3 is 2.67 bits per heavy atom. The van der Waals surface area contributed by atoms with E-state index in [4.69, 9.17) is 24.7 Å². The largest absolute Gasteiger partial charge is 0.465 e. The molecule has 0 unspecified atom stereocenters. The molecule has 43 heavy (non-hydrogen) atoms. The van der Waals surface area contributed by atoms with Crippen LogP contribution < -0.4 is 5.32 Å². The maximum atomic E-state index is 14.3. The highest BCUT2D eigenvalue weighted by Gasteiger charge is 2.30. The minimum Gasteiger partial charge on any atom is -0.465 e. The number of nitrogens with one attached hydrogen (secondary N) is 1. The van der Waals surface area contributed by atoms with E-state index in [1.165, 1.54) is 13.2 Å². The zero-order chi connectivity index (χ0) is 29.9. The average Bonchev–Trinajstić information content (AvgIpc) is 3.39. The second kappa shape index (κ2) is 12.5. The molecule has 2 fully saturated rings. The number of carbonyl (C=O) groups is 1. The van der Waals surface area contributed by atoms with E-state index >= 15 is 0 Å². The van der Waals surface area contributed by atoms with Gasteiger partial charge >= 0.3 is 5.97 Å². The zero-order valence-electron chi connectivity index (χ0n) is 24.4. The first-order valence-corrected chi connectivity index (χ1v) is 14.8. The van der Waals surface area contributed by atoms with Crippen LogP contribution in [0.15, 0.2) is 54.6 Å². The van der Waals surface area contributed by atoms with Crippen LogP contribution in [0.2, 0.25) is 0 Å². The first kappa shape index (κ1) is 28.8. The number of esters is 1. The fourth-order valence-corrected chi connectivity index (χ4v) is 6.00. The number of fused-ring (bicyclic) bond motifs is 1. The lowest BCUT2D eigenvalue weighted by atomic mass is 9.92. The summed E-state index contributed by atoms with van der Waals surface area (Å²) in [6.45, 7) is 5.77. The van der Waals surface area contributed by atoms with Gasteiger partial charge in [0.05, 0.1) is 54.0 Å². The van der Waals surface area contributed by atoms with Crippen LogP contribution in [0, 0.1) is 17.1 Å². The number of aromatic nitrogens is 3. The van der Waals surface area contributed by atoms with E-state index < -0.39 is 5.82 Å². The summed E-state index contributed by atoms with van der Waals surface area (Å²) >= 11 is 0. The Morgan fingerprint density at radius 1 is 1.16 bits per heavy atom. The molecule has 0 bridgehead atoms. The van der Waals surface area contributed by atoms with E-state index in [-0.39, 0.29) is 24.7 Å². The number of methoxy groups -OCH3 is 1. The topological polar surface area (TPSA) is 105 Å². The monoisotopic (exact) mass is 582 g/mol. The molecule has 222 valence electrons.